The van der Waals surface area contributed by atoms with Gasteiger partial charge >= 0.3 is 5.97 Å². The number of hydrogen-bond donors (Lipinski definition) is 1. The van der Waals surface area contributed by atoms with E-state index in [4.69, 9.17) is 5.73 Å². The van der Waals surface area contributed by atoms with Crippen LogP contribution in [-0.2, 0) is 22.4 Å². The molecule has 0 bridgehead atoms. The predicted octanol–water partition coefficient (Wildman–Crippen LogP) is 1.68. The number of carbonyl (C=O) groups is 1. The monoisotopic (exact) mass is 221 g/mol. The summed E-state index contributed by atoms with van der Waals surface area (Å²) in [5, 5.41) is 0. The Balaban J connectivity index is 2.58. The molecule has 1 atom stereocenters. The normalized spacial score (nSPS) is 12.2. The average Bonchev–Trinajstić information content (AvgIpc) is 2.31. The van der Waals surface area contributed by atoms with Gasteiger partial charge in [-0.05, 0) is 24.0 Å². The number of nitrogens with two attached hydrogens (primary N) is 1. The summed E-state index contributed by atoms with van der Waals surface area (Å²) in [6.45, 7) is 2.15. The quantitative estimate of drug-likeness (QED) is 0.770. The van der Waals surface area contributed by atoms with Gasteiger partial charge in [-0.3, -0.25) is 4.79 Å². The highest BCUT2D eigenvalue weighted by molar-refractivity contribution is 5.75. The zero-order chi connectivity index (χ0) is 12.0. The molecule has 0 radical (unpaired) electrons. The van der Waals surface area contributed by atoms with E-state index < -0.39 is 6.04 Å². The SMILES string of the molecule is CCCc1ccc(CC(N)C(=O)OC)cc1. The third-order valence-electron chi connectivity index (χ3n) is 2.52. The molecular formula is C13H19NO2. The van der Waals surface area contributed by atoms with Gasteiger partial charge in [-0.15, -0.1) is 0 Å². The minimum atomic E-state index is -0.568. The molecule has 0 spiro atoms. The summed E-state index contributed by atoms with van der Waals surface area (Å²) in [4.78, 5) is 11.1. The molecule has 0 aliphatic carbocycles. The van der Waals surface area contributed by atoms with Gasteiger partial charge in [0.1, 0.15) is 6.04 Å². The lowest BCUT2D eigenvalue weighted by atomic mass is 10.0. The highest BCUT2D eigenvalue weighted by atomic mass is 16.5. The van der Waals surface area contributed by atoms with E-state index in [0.717, 1.165) is 18.4 Å². The topological polar surface area (TPSA) is 52.3 Å². The van der Waals surface area contributed by atoms with E-state index in [9.17, 15) is 4.79 Å². The number of rotatable bonds is 5. The molecule has 0 aromatic heterocycles. The van der Waals surface area contributed by atoms with Gasteiger partial charge in [0.25, 0.3) is 0 Å². The van der Waals surface area contributed by atoms with Gasteiger partial charge in [-0.2, -0.15) is 0 Å². The molecule has 0 aliphatic rings. The molecule has 0 aliphatic heterocycles. The zero-order valence-electron chi connectivity index (χ0n) is 9.90. The van der Waals surface area contributed by atoms with Gasteiger partial charge in [0, 0.05) is 0 Å². The van der Waals surface area contributed by atoms with Crippen LogP contribution in [0.2, 0.25) is 0 Å². The number of aryl methyl sites for hydroxylation is 1. The van der Waals surface area contributed by atoms with Crippen LogP contribution in [0.3, 0.4) is 0 Å². The summed E-state index contributed by atoms with van der Waals surface area (Å²) in [5.41, 5.74) is 8.07. The van der Waals surface area contributed by atoms with Crippen LogP contribution in [0.4, 0.5) is 0 Å². The Kier molecular flexibility index (Phi) is 4.99. The first-order valence-electron chi connectivity index (χ1n) is 5.58. The summed E-state index contributed by atoms with van der Waals surface area (Å²) in [7, 11) is 1.35. The van der Waals surface area contributed by atoms with Crippen molar-refractivity contribution >= 4 is 5.97 Å². The van der Waals surface area contributed by atoms with Crippen molar-refractivity contribution in [3.05, 3.63) is 35.4 Å². The Morgan fingerprint density at radius 3 is 2.38 bits per heavy atom. The molecular weight excluding hydrogens is 202 g/mol. The molecule has 0 heterocycles. The summed E-state index contributed by atoms with van der Waals surface area (Å²) >= 11 is 0. The maximum Gasteiger partial charge on any atom is 0.322 e. The molecule has 0 fully saturated rings. The van der Waals surface area contributed by atoms with E-state index in [-0.39, 0.29) is 5.97 Å². The summed E-state index contributed by atoms with van der Waals surface area (Å²) in [5.74, 6) is -0.363. The van der Waals surface area contributed by atoms with Crippen molar-refractivity contribution in [2.45, 2.75) is 32.2 Å². The van der Waals surface area contributed by atoms with Crippen molar-refractivity contribution in [3.63, 3.8) is 0 Å². The van der Waals surface area contributed by atoms with Crippen LogP contribution in [0.25, 0.3) is 0 Å². The Morgan fingerprint density at radius 2 is 1.88 bits per heavy atom. The standard InChI is InChI=1S/C13H19NO2/c1-3-4-10-5-7-11(8-6-10)9-12(14)13(15)16-2/h5-8,12H,3-4,9,14H2,1-2H3. The third kappa shape index (κ3) is 3.66. The first-order valence-corrected chi connectivity index (χ1v) is 5.58. The van der Waals surface area contributed by atoms with Crippen molar-refractivity contribution in [2.24, 2.45) is 5.73 Å². The van der Waals surface area contributed by atoms with Crippen LogP contribution in [0.5, 0.6) is 0 Å². The number of benzene rings is 1. The minimum Gasteiger partial charge on any atom is -0.468 e. The van der Waals surface area contributed by atoms with Crippen LogP contribution in [0.1, 0.15) is 24.5 Å². The fraction of sp³-hybridized carbons (Fsp3) is 0.462. The van der Waals surface area contributed by atoms with Crippen LogP contribution in [0.15, 0.2) is 24.3 Å². The molecule has 1 aromatic carbocycles. The Bertz CT molecular complexity index is 332. The first kappa shape index (κ1) is 12.7. The van der Waals surface area contributed by atoms with Gasteiger partial charge in [0.05, 0.1) is 7.11 Å². The van der Waals surface area contributed by atoms with Crippen molar-refractivity contribution < 1.29 is 9.53 Å². The zero-order valence-corrected chi connectivity index (χ0v) is 9.90. The maximum atomic E-state index is 11.1. The molecule has 0 saturated heterocycles. The van der Waals surface area contributed by atoms with Gasteiger partial charge in [-0.25, -0.2) is 0 Å². The lowest BCUT2D eigenvalue weighted by Gasteiger charge is -2.09. The van der Waals surface area contributed by atoms with Crippen molar-refractivity contribution in [1.29, 1.82) is 0 Å². The Morgan fingerprint density at radius 1 is 1.31 bits per heavy atom. The molecule has 1 aromatic rings. The molecule has 0 amide bonds. The van der Waals surface area contributed by atoms with E-state index in [1.165, 1.54) is 12.7 Å². The molecule has 88 valence electrons. The predicted molar refractivity (Wildman–Crippen MR) is 64.1 cm³/mol. The number of carbonyl (C=O) groups excluding carboxylic acids is 1. The second-order valence-corrected chi connectivity index (χ2v) is 3.90. The van der Waals surface area contributed by atoms with Gasteiger partial charge < -0.3 is 10.5 Å². The summed E-state index contributed by atoms with van der Waals surface area (Å²) in [6, 6.07) is 7.65. The maximum absolute atomic E-state index is 11.1. The lowest BCUT2D eigenvalue weighted by molar-refractivity contribution is -0.142. The van der Waals surface area contributed by atoms with Gasteiger partial charge in [0.2, 0.25) is 0 Å². The van der Waals surface area contributed by atoms with E-state index in [0.29, 0.717) is 6.42 Å². The molecule has 1 rings (SSSR count). The average molecular weight is 221 g/mol. The van der Waals surface area contributed by atoms with Crippen molar-refractivity contribution in [3.8, 4) is 0 Å². The van der Waals surface area contributed by atoms with Gasteiger partial charge in [-0.1, -0.05) is 37.6 Å². The molecule has 1 unspecified atom stereocenters. The van der Waals surface area contributed by atoms with Crippen LogP contribution in [-0.4, -0.2) is 19.1 Å². The second kappa shape index (κ2) is 6.28. The lowest BCUT2D eigenvalue weighted by Crippen LogP contribution is -2.33. The molecule has 3 heteroatoms. The van der Waals surface area contributed by atoms with E-state index in [1.54, 1.807) is 0 Å². The molecule has 3 nitrogen and oxygen atoms in total. The number of esters is 1. The highest BCUT2D eigenvalue weighted by Gasteiger charge is 2.13. The summed E-state index contributed by atoms with van der Waals surface area (Å²) < 4.78 is 4.58. The highest BCUT2D eigenvalue weighted by Crippen LogP contribution is 2.08. The molecule has 2 N–H and O–H groups in total. The van der Waals surface area contributed by atoms with E-state index >= 15 is 0 Å². The van der Waals surface area contributed by atoms with Crippen molar-refractivity contribution in [2.75, 3.05) is 7.11 Å². The fourth-order valence-corrected chi connectivity index (χ4v) is 1.62. The fourth-order valence-electron chi connectivity index (χ4n) is 1.62. The molecule has 0 saturated carbocycles. The third-order valence-corrected chi connectivity index (χ3v) is 2.52. The Labute approximate surface area is 96.6 Å². The minimum absolute atomic E-state index is 0.363. The van der Waals surface area contributed by atoms with Crippen LogP contribution in [0, 0.1) is 0 Å². The van der Waals surface area contributed by atoms with Crippen molar-refractivity contribution in [1.82, 2.24) is 0 Å². The van der Waals surface area contributed by atoms with Gasteiger partial charge in [0.15, 0.2) is 0 Å². The number of ether oxygens (including phenoxy) is 1. The Hall–Kier alpha value is -1.35. The van der Waals surface area contributed by atoms with E-state index in [2.05, 4.69) is 23.8 Å². The smallest absolute Gasteiger partial charge is 0.322 e. The largest absolute Gasteiger partial charge is 0.468 e. The number of hydrogen-bond acceptors (Lipinski definition) is 3. The second-order valence-electron chi connectivity index (χ2n) is 3.90. The van der Waals surface area contributed by atoms with Crippen LogP contribution >= 0.6 is 0 Å². The molecule has 16 heavy (non-hydrogen) atoms. The first-order chi connectivity index (χ1) is 7.67. The summed E-state index contributed by atoms with van der Waals surface area (Å²) in [6.07, 6.45) is 2.75. The number of methoxy groups -OCH3 is 1. The van der Waals surface area contributed by atoms with E-state index in [1.807, 2.05) is 12.1 Å². The van der Waals surface area contributed by atoms with Crippen LogP contribution < -0.4 is 5.73 Å².